The normalized spacial score (nSPS) is 15.9. The Hall–Kier alpha value is -4.84. The molecule has 0 aliphatic carbocycles. The molecule has 3 atom stereocenters. The zero-order valence-corrected chi connectivity index (χ0v) is 23.4. The minimum atomic E-state index is -0.682. The Morgan fingerprint density at radius 1 is 0.902 bits per heavy atom. The van der Waals surface area contributed by atoms with E-state index in [2.05, 4.69) is 23.3 Å². The van der Waals surface area contributed by atoms with Gasteiger partial charge in [0.05, 0.1) is 6.04 Å². The van der Waals surface area contributed by atoms with Crippen molar-refractivity contribution in [2.24, 2.45) is 5.92 Å². The molecule has 2 N–H and O–H groups in total. The number of hydrogen-bond acceptors (Lipinski definition) is 3. The van der Waals surface area contributed by atoms with Crippen LogP contribution in [0.2, 0.25) is 0 Å². The van der Waals surface area contributed by atoms with Gasteiger partial charge in [-0.15, -0.1) is 0 Å². The van der Waals surface area contributed by atoms with Crippen molar-refractivity contribution in [3.8, 4) is 11.5 Å². The van der Waals surface area contributed by atoms with Crippen molar-refractivity contribution in [1.82, 2.24) is 9.88 Å². The summed E-state index contributed by atoms with van der Waals surface area (Å²) in [6, 6.07) is 31.7. The van der Waals surface area contributed by atoms with E-state index in [1.165, 1.54) is 0 Å². The predicted octanol–water partition coefficient (Wildman–Crippen LogP) is 7.87. The van der Waals surface area contributed by atoms with Crippen LogP contribution in [0.1, 0.15) is 53.5 Å². The maximum Gasteiger partial charge on any atom is 0.255 e. The van der Waals surface area contributed by atoms with Gasteiger partial charge >= 0.3 is 0 Å². The summed E-state index contributed by atoms with van der Waals surface area (Å²) in [4.78, 5) is 33.5. The predicted molar refractivity (Wildman–Crippen MR) is 162 cm³/mol. The molecule has 2 heterocycles. The fraction of sp³-hybridized carbons (Fsp3) is 0.200. The summed E-state index contributed by atoms with van der Waals surface area (Å²) in [5, 5.41) is 4.15. The van der Waals surface area contributed by atoms with Crippen LogP contribution in [0.4, 0.5) is 5.69 Å². The van der Waals surface area contributed by atoms with E-state index in [4.69, 9.17) is 4.74 Å². The molecular formula is C35H33N3O3. The average molecular weight is 544 g/mol. The Bertz CT molecular complexity index is 1710. The van der Waals surface area contributed by atoms with E-state index in [0.717, 1.165) is 39.9 Å². The molecule has 6 rings (SSSR count). The SMILES string of the molecule is CCC(C)C(C(=O)Nc1ccc(Oc2ccccc2)cc1)N1C(=O)c2ccccc2C1c1c(C)[nH]c2ccccc12. The Morgan fingerprint density at radius 2 is 1.56 bits per heavy atom. The fourth-order valence-corrected chi connectivity index (χ4v) is 5.90. The van der Waals surface area contributed by atoms with Crippen molar-refractivity contribution in [2.75, 3.05) is 5.32 Å². The lowest BCUT2D eigenvalue weighted by molar-refractivity contribution is -0.122. The second-order valence-corrected chi connectivity index (χ2v) is 10.7. The first-order valence-corrected chi connectivity index (χ1v) is 14.1. The minimum Gasteiger partial charge on any atom is -0.457 e. The molecular weight excluding hydrogens is 510 g/mol. The standard InChI is InChI=1S/C35H33N3O3/c1-4-22(2)32(34(39)37-24-18-20-26(21-19-24)41-25-12-6-5-7-13-25)38-33(27-14-8-9-15-28(27)35(38)40)31-23(3)36-30-17-11-10-16-29(30)31/h5-22,32-33,36H,4H2,1-3H3,(H,37,39). The number of aromatic nitrogens is 1. The molecule has 206 valence electrons. The van der Waals surface area contributed by atoms with E-state index in [0.29, 0.717) is 17.0 Å². The van der Waals surface area contributed by atoms with Gasteiger partial charge in [-0.1, -0.05) is 74.9 Å². The smallest absolute Gasteiger partial charge is 0.255 e. The topological polar surface area (TPSA) is 74.4 Å². The number of nitrogens with zero attached hydrogens (tertiary/aromatic N) is 1. The molecule has 0 saturated carbocycles. The molecule has 1 aliphatic heterocycles. The van der Waals surface area contributed by atoms with Crippen LogP contribution in [0.3, 0.4) is 0 Å². The van der Waals surface area contributed by atoms with E-state index in [9.17, 15) is 9.59 Å². The van der Waals surface area contributed by atoms with Crippen LogP contribution in [0, 0.1) is 12.8 Å². The van der Waals surface area contributed by atoms with Crippen molar-refractivity contribution >= 4 is 28.4 Å². The Labute approximate surface area is 240 Å². The summed E-state index contributed by atoms with van der Waals surface area (Å²) >= 11 is 0. The van der Waals surface area contributed by atoms with Crippen LogP contribution in [-0.4, -0.2) is 27.7 Å². The first-order chi connectivity index (χ1) is 20.0. The van der Waals surface area contributed by atoms with Gasteiger partial charge in [0.2, 0.25) is 5.91 Å². The van der Waals surface area contributed by atoms with Crippen molar-refractivity contribution in [3.05, 3.63) is 126 Å². The molecule has 3 unspecified atom stereocenters. The number of amides is 2. The number of carbonyl (C=O) groups excluding carboxylic acids is 2. The lowest BCUT2D eigenvalue weighted by atomic mass is 9.91. The third-order valence-electron chi connectivity index (χ3n) is 8.07. The van der Waals surface area contributed by atoms with Crippen molar-refractivity contribution in [1.29, 1.82) is 0 Å². The average Bonchev–Trinajstić information content (AvgIpc) is 3.47. The van der Waals surface area contributed by atoms with Gasteiger partial charge in [-0.2, -0.15) is 0 Å². The minimum absolute atomic E-state index is 0.0815. The molecule has 6 heteroatoms. The molecule has 0 fully saturated rings. The largest absolute Gasteiger partial charge is 0.457 e. The third kappa shape index (κ3) is 4.86. The van der Waals surface area contributed by atoms with Gasteiger partial charge in [-0.25, -0.2) is 0 Å². The van der Waals surface area contributed by atoms with E-state index >= 15 is 0 Å². The quantitative estimate of drug-likeness (QED) is 0.209. The van der Waals surface area contributed by atoms with E-state index in [1.54, 1.807) is 0 Å². The highest BCUT2D eigenvalue weighted by atomic mass is 16.5. The molecule has 1 aromatic heterocycles. The maximum absolute atomic E-state index is 14.1. The number of benzene rings is 4. The second kappa shape index (κ2) is 11.0. The summed E-state index contributed by atoms with van der Waals surface area (Å²) in [6.45, 7) is 6.13. The van der Waals surface area contributed by atoms with Crippen LogP contribution in [-0.2, 0) is 4.79 Å². The molecule has 0 spiro atoms. The van der Waals surface area contributed by atoms with Gasteiger partial charge in [-0.05, 0) is 66.9 Å². The van der Waals surface area contributed by atoms with E-state index < -0.39 is 6.04 Å². The van der Waals surface area contributed by atoms with Gasteiger partial charge in [-0.3, -0.25) is 9.59 Å². The number of carbonyl (C=O) groups is 2. The number of rotatable bonds is 8. The Balaban J connectivity index is 1.35. The first kappa shape index (κ1) is 26.4. The number of para-hydroxylation sites is 2. The number of nitrogens with one attached hydrogen (secondary N) is 2. The summed E-state index contributed by atoms with van der Waals surface area (Å²) in [5.74, 6) is 1.00. The highest BCUT2D eigenvalue weighted by Crippen LogP contribution is 2.45. The number of aryl methyl sites for hydroxylation is 1. The second-order valence-electron chi connectivity index (χ2n) is 10.7. The van der Waals surface area contributed by atoms with E-state index in [-0.39, 0.29) is 23.8 Å². The maximum atomic E-state index is 14.1. The molecule has 2 amide bonds. The Morgan fingerprint density at radius 3 is 2.32 bits per heavy atom. The zero-order chi connectivity index (χ0) is 28.5. The monoisotopic (exact) mass is 543 g/mol. The van der Waals surface area contributed by atoms with Crippen LogP contribution < -0.4 is 10.1 Å². The highest BCUT2D eigenvalue weighted by molar-refractivity contribution is 6.05. The summed E-state index contributed by atoms with van der Waals surface area (Å²) in [6.07, 6.45) is 0.738. The van der Waals surface area contributed by atoms with Crippen LogP contribution in [0.15, 0.2) is 103 Å². The van der Waals surface area contributed by atoms with Crippen molar-refractivity contribution in [3.63, 3.8) is 0 Å². The fourth-order valence-electron chi connectivity index (χ4n) is 5.90. The number of fused-ring (bicyclic) bond motifs is 2. The summed E-state index contributed by atoms with van der Waals surface area (Å²) in [5.41, 5.74) is 5.25. The van der Waals surface area contributed by atoms with E-state index in [1.807, 2.05) is 116 Å². The Kier molecular flexibility index (Phi) is 7.06. The molecule has 5 aromatic rings. The summed E-state index contributed by atoms with van der Waals surface area (Å²) in [7, 11) is 0. The van der Waals surface area contributed by atoms with Gasteiger partial charge < -0.3 is 19.9 Å². The molecule has 41 heavy (non-hydrogen) atoms. The number of ether oxygens (including phenoxy) is 1. The molecule has 4 aromatic carbocycles. The van der Waals surface area contributed by atoms with Gasteiger partial charge in [0.15, 0.2) is 0 Å². The van der Waals surface area contributed by atoms with Crippen molar-refractivity contribution < 1.29 is 14.3 Å². The van der Waals surface area contributed by atoms with Crippen molar-refractivity contribution in [2.45, 2.75) is 39.3 Å². The molecule has 0 bridgehead atoms. The lowest BCUT2D eigenvalue weighted by Gasteiger charge is -2.36. The van der Waals surface area contributed by atoms with Crippen LogP contribution in [0.25, 0.3) is 10.9 Å². The van der Waals surface area contributed by atoms with Crippen LogP contribution >= 0.6 is 0 Å². The van der Waals surface area contributed by atoms with Gasteiger partial charge in [0, 0.05) is 33.4 Å². The molecule has 1 aliphatic rings. The molecule has 6 nitrogen and oxygen atoms in total. The number of H-pyrrole nitrogens is 1. The van der Waals surface area contributed by atoms with Gasteiger partial charge in [0.1, 0.15) is 17.5 Å². The number of aromatic amines is 1. The number of anilines is 1. The number of hydrogen-bond donors (Lipinski definition) is 2. The third-order valence-corrected chi connectivity index (χ3v) is 8.07. The summed E-state index contributed by atoms with van der Waals surface area (Å²) < 4.78 is 5.91. The highest BCUT2D eigenvalue weighted by Gasteiger charge is 2.46. The molecule has 0 radical (unpaired) electrons. The molecule has 0 saturated heterocycles. The first-order valence-electron chi connectivity index (χ1n) is 14.1. The lowest BCUT2D eigenvalue weighted by Crippen LogP contribution is -2.50. The zero-order valence-electron chi connectivity index (χ0n) is 23.4. The van der Waals surface area contributed by atoms with Crippen LogP contribution in [0.5, 0.6) is 11.5 Å². The van der Waals surface area contributed by atoms with Gasteiger partial charge in [0.25, 0.3) is 5.91 Å².